The highest BCUT2D eigenvalue weighted by Gasteiger charge is 2.22. The van der Waals surface area contributed by atoms with Gasteiger partial charge in [0, 0.05) is 17.4 Å². The van der Waals surface area contributed by atoms with Gasteiger partial charge in [0.25, 0.3) is 0 Å². The van der Waals surface area contributed by atoms with Gasteiger partial charge in [0.2, 0.25) is 5.43 Å². The summed E-state index contributed by atoms with van der Waals surface area (Å²) in [4.78, 5) is 44.7. The molecule has 0 radical (unpaired) electrons. The molecule has 9 heteroatoms. The molecule has 0 saturated heterocycles. The van der Waals surface area contributed by atoms with Crippen LogP contribution < -0.4 is 10.2 Å². The van der Waals surface area contributed by atoms with Crippen LogP contribution in [-0.4, -0.2) is 34.8 Å². The summed E-state index contributed by atoms with van der Waals surface area (Å²) >= 11 is 0. The molecule has 1 atom stereocenters. The average Bonchev–Trinajstić information content (AvgIpc) is 2.54. The number of unbranched alkanes of at least 4 members (excludes halogenated alkanes) is 1. The summed E-state index contributed by atoms with van der Waals surface area (Å²) in [7, 11) is 0. The fourth-order valence-corrected chi connectivity index (χ4v) is 1.78. The summed E-state index contributed by atoms with van der Waals surface area (Å²) in [6.45, 7) is 1.41. The summed E-state index contributed by atoms with van der Waals surface area (Å²) in [5.41, 5.74) is -0.917. The van der Waals surface area contributed by atoms with Crippen molar-refractivity contribution in [3.63, 3.8) is 0 Å². The van der Waals surface area contributed by atoms with Crippen molar-refractivity contribution in [1.29, 1.82) is 0 Å². The Morgan fingerprint density at radius 3 is 2.73 bits per heavy atom. The molecule has 1 unspecified atom stereocenters. The predicted octanol–water partition coefficient (Wildman–Crippen LogP) is 1.06. The van der Waals surface area contributed by atoms with Gasteiger partial charge in [0.05, 0.1) is 19.8 Å². The van der Waals surface area contributed by atoms with Gasteiger partial charge in [-0.1, -0.05) is 18.5 Å². The number of hydrogen-bond donors (Lipinski definition) is 1. The van der Waals surface area contributed by atoms with Gasteiger partial charge in [-0.3, -0.25) is 9.59 Å². The molecule has 9 nitrogen and oxygen atoms in total. The molecule has 0 fully saturated rings. The lowest BCUT2D eigenvalue weighted by molar-refractivity contribution is 0.0984. The van der Waals surface area contributed by atoms with Gasteiger partial charge < -0.3 is 14.4 Å². The zero-order valence-corrected chi connectivity index (χ0v) is 12.1. The summed E-state index contributed by atoms with van der Waals surface area (Å²) in [6.07, 6.45) is 2.70. The van der Waals surface area contributed by atoms with Crippen molar-refractivity contribution in [3.05, 3.63) is 38.0 Å². The molecule has 120 valence electrons. The van der Waals surface area contributed by atoms with E-state index in [9.17, 15) is 19.4 Å². The molecule has 0 spiro atoms. The van der Waals surface area contributed by atoms with Gasteiger partial charge in [0.1, 0.15) is 6.04 Å². The van der Waals surface area contributed by atoms with E-state index in [1.165, 1.54) is 6.20 Å². The maximum Gasteiger partial charge on any atom is 0.337 e. The summed E-state index contributed by atoms with van der Waals surface area (Å²) < 4.78 is 6.46. The molecule has 22 heavy (non-hydrogen) atoms. The third kappa shape index (κ3) is 4.29. The quantitative estimate of drug-likeness (QED) is 0.536. The summed E-state index contributed by atoms with van der Waals surface area (Å²) in [5.74, 6) is -1.48. The van der Waals surface area contributed by atoms with Crippen LogP contribution in [0.4, 0.5) is 0 Å². The van der Waals surface area contributed by atoms with Crippen LogP contribution in [0.5, 0.6) is 5.75 Å². The Morgan fingerprint density at radius 2 is 2.18 bits per heavy atom. The molecule has 0 bridgehead atoms. The number of rotatable bonds is 9. The largest absolute Gasteiger partial charge is 0.487 e. The Hall–Kier alpha value is -2.42. The monoisotopic (exact) mass is 311 g/mol. The van der Waals surface area contributed by atoms with E-state index in [1.54, 1.807) is 0 Å². The predicted molar refractivity (Wildman–Crippen MR) is 77.9 cm³/mol. The smallest absolute Gasteiger partial charge is 0.337 e. The van der Waals surface area contributed by atoms with Crippen LogP contribution in [0.2, 0.25) is 0 Å². The van der Waals surface area contributed by atoms with Crippen molar-refractivity contribution < 1.29 is 14.6 Å². The van der Waals surface area contributed by atoms with E-state index in [4.69, 9.17) is 9.84 Å². The zero-order chi connectivity index (χ0) is 16.5. The second kappa shape index (κ2) is 8.78. The first-order valence-corrected chi connectivity index (χ1v) is 6.76. The number of aliphatic hydroxyl groups is 1. The SMILES string of the molecule is CCCCOc1c(C(=O)N=O)n(CC(CO)N=O)ccc1=O. The number of carbonyl (C=O) groups is 1. The number of nitrogens with zero attached hydrogens (tertiary/aromatic N) is 3. The lowest BCUT2D eigenvalue weighted by Gasteiger charge is -2.16. The van der Waals surface area contributed by atoms with Gasteiger partial charge in [-0.25, -0.2) is 0 Å². The van der Waals surface area contributed by atoms with Crippen LogP contribution in [0.1, 0.15) is 30.3 Å². The van der Waals surface area contributed by atoms with Crippen LogP contribution in [0.25, 0.3) is 0 Å². The topological polar surface area (TPSA) is 127 Å². The lowest BCUT2D eigenvalue weighted by Crippen LogP contribution is -2.25. The van der Waals surface area contributed by atoms with Crippen molar-refractivity contribution in [2.45, 2.75) is 32.4 Å². The highest BCUT2D eigenvalue weighted by molar-refractivity contribution is 5.95. The highest BCUT2D eigenvalue weighted by atomic mass is 16.5. The third-order valence-electron chi connectivity index (χ3n) is 2.93. The van der Waals surface area contributed by atoms with Crippen molar-refractivity contribution in [2.75, 3.05) is 13.2 Å². The van der Waals surface area contributed by atoms with Crippen LogP contribution in [-0.2, 0) is 6.54 Å². The molecule has 0 aromatic carbocycles. The molecule has 0 aliphatic carbocycles. The third-order valence-corrected chi connectivity index (χ3v) is 2.93. The molecule has 1 rings (SSSR count). The van der Waals surface area contributed by atoms with Gasteiger partial charge in [-0.2, -0.15) is 4.91 Å². The van der Waals surface area contributed by atoms with Crippen molar-refractivity contribution in [1.82, 2.24) is 4.57 Å². The molecule has 0 saturated carbocycles. The number of aliphatic hydroxyl groups excluding tert-OH is 1. The van der Waals surface area contributed by atoms with Gasteiger partial charge in [-0.05, 0) is 6.42 Å². The van der Waals surface area contributed by atoms with Crippen molar-refractivity contribution >= 4 is 5.91 Å². The first kappa shape index (κ1) is 17.6. The Bertz CT molecular complexity index is 598. The maximum atomic E-state index is 11.9. The highest BCUT2D eigenvalue weighted by Crippen LogP contribution is 2.16. The number of ether oxygens (including phenoxy) is 1. The Labute approximate surface area is 125 Å². The Kier molecular flexibility index (Phi) is 7.03. The minimum absolute atomic E-state index is 0.180. The van der Waals surface area contributed by atoms with E-state index in [1.807, 2.05) is 6.92 Å². The number of carbonyl (C=O) groups excluding carboxylic acids is 1. The van der Waals surface area contributed by atoms with E-state index >= 15 is 0 Å². The van der Waals surface area contributed by atoms with E-state index in [-0.39, 0.29) is 24.6 Å². The zero-order valence-electron chi connectivity index (χ0n) is 12.1. The molecule has 1 aromatic rings. The summed E-state index contributed by atoms with van der Waals surface area (Å²) in [5, 5.41) is 14.0. The number of pyridine rings is 1. The van der Waals surface area contributed by atoms with Crippen LogP contribution in [0, 0.1) is 9.81 Å². The molecule has 0 aliphatic heterocycles. The Balaban J connectivity index is 3.28. The standard InChI is InChI=1S/C13H17N3O6/c1-2-3-6-22-12-10(18)4-5-16(7-9(8-17)14-20)11(12)13(19)15-21/h4-5,9,17H,2-3,6-8H2,1H3. The number of amides is 1. The number of nitroso groups, excluding NO2 is 2. The maximum absolute atomic E-state index is 11.9. The molecule has 1 heterocycles. The molecule has 1 amide bonds. The average molecular weight is 311 g/mol. The van der Waals surface area contributed by atoms with Crippen LogP contribution in [0.15, 0.2) is 27.4 Å². The van der Waals surface area contributed by atoms with Crippen molar-refractivity contribution in [3.8, 4) is 5.75 Å². The van der Waals surface area contributed by atoms with E-state index in [0.29, 0.717) is 6.42 Å². The number of aromatic nitrogens is 1. The van der Waals surface area contributed by atoms with Crippen LogP contribution in [0.3, 0.4) is 0 Å². The van der Waals surface area contributed by atoms with Crippen LogP contribution >= 0.6 is 0 Å². The van der Waals surface area contributed by atoms with E-state index in [0.717, 1.165) is 17.1 Å². The minimum Gasteiger partial charge on any atom is -0.487 e. The van der Waals surface area contributed by atoms with Gasteiger partial charge in [0.15, 0.2) is 11.4 Å². The second-order valence-corrected chi connectivity index (χ2v) is 4.55. The fourth-order valence-electron chi connectivity index (χ4n) is 1.78. The molecular formula is C13H17N3O6. The van der Waals surface area contributed by atoms with Crippen molar-refractivity contribution in [2.24, 2.45) is 10.4 Å². The normalized spacial score (nSPS) is 11.7. The first-order valence-electron chi connectivity index (χ1n) is 6.76. The first-order chi connectivity index (χ1) is 10.6. The van der Waals surface area contributed by atoms with Gasteiger partial charge in [-0.15, -0.1) is 4.91 Å². The minimum atomic E-state index is -1.19. The fraction of sp³-hybridized carbons (Fsp3) is 0.538. The van der Waals surface area contributed by atoms with Gasteiger partial charge >= 0.3 is 5.91 Å². The molecular weight excluding hydrogens is 294 g/mol. The molecule has 1 N–H and O–H groups in total. The van der Waals surface area contributed by atoms with E-state index in [2.05, 4.69) is 10.4 Å². The second-order valence-electron chi connectivity index (χ2n) is 4.55. The Morgan fingerprint density at radius 1 is 1.45 bits per heavy atom. The molecule has 1 aromatic heterocycles. The molecule has 0 aliphatic rings. The number of hydrogen-bond acceptors (Lipinski definition) is 7. The lowest BCUT2D eigenvalue weighted by atomic mass is 10.2. The summed E-state index contributed by atoms with van der Waals surface area (Å²) in [6, 6.07) is 0.117. The van der Waals surface area contributed by atoms with E-state index < -0.39 is 24.0 Å².